The van der Waals surface area contributed by atoms with Crippen LogP contribution < -0.4 is 5.73 Å². The normalized spacial score (nSPS) is 14.9. The van der Waals surface area contributed by atoms with E-state index in [1.54, 1.807) is 0 Å². The van der Waals surface area contributed by atoms with E-state index < -0.39 is 0 Å². The van der Waals surface area contributed by atoms with E-state index in [0.29, 0.717) is 6.04 Å². The number of aryl methyl sites for hydroxylation is 1. The first-order valence-electron chi connectivity index (χ1n) is 6.57. The minimum Gasteiger partial charge on any atom is -0.323 e. The monoisotopic (exact) mass is 234 g/mol. The Kier molecular flexibility index (Phi) is 5.66. The number of likely N-dealkylation sites (N-methyl/N-ethyl adjacent to an activating group) is 1. The van der Waals surface area contributed by atoms with E-state index in [0.717, 1.165) is 6.54 Å². The zero-order chi connectivity index (χ0) is 12.8. The Labute approximate surface area is 106 Å². The third kappa shape index (κ3) is 4.14. The number of nitrogens with zero attached hydrogens (tertiary/aromatic N) is 1. The molecule has 2 heteroatoms. The third-order valence-electron chi connectivity index (χ3n) is 3.53. The van der Waals surface area contributed by atoms with E-state index in [9.17, 15) is 0 Å². The van der Waals surface area contributed by atoms with Gasteiger partial charge in [-0.25, -0.2) is 0 Å². The lowest BCUT2D eigenvalue weighted by Gasteiger charge is -2.28. The van der Waals surface area contributed by atoms with Crippen LogP contribution in [0.3, 0.4) is 0 Å². The standard InChI is InChI=1S/C15H26N2/c1-5-8-13(3)17(4)11-15(16)14-10-7-6-9-12(14)2/h6-7,9-10,13,15H,5,8,11,16H2,1-4H3. The summed E-state index contributed by atoms with van der Waals surface area (Å²) in [6.07, 6.45) is 2.46. The Morgan fingerprint density at radius 2 is 1.94 bits per heavy atom. The molecule has 0 saturated carbocycles. The van der Waals surface area contributed by atoms with Crippen LogP contribution >= 0.6 is 0 Å². The molecule has 2 N–H and O–H groups in total. The number of rotatable bonds is 6. The van der Waals surface area contributed by atoms with Crippen molar-refractivity contribution in [2.75, 3.05) is 13.6 Å². The summed E-state index contributed by atoms with van der Waals surface area (Å²) in [6, 6.07) is 9.12. The highest BCUT2D eigenvalue weighted by atomic mass is 15.1. The molecule has 0 heterocycles. The molecule has 0 saturated heterocycles. The first-order valence-corrected chi connectivity index (χ1v) is 6.57. The van der Waals surface area contributed by atoms with Crippen molar-refractivity contribution in [2.45, 2.75) is 45.7 Å². The largest absolute Gasteiger partial charge is 0.323 e. The van der Waals surface area contributed by atoms with Crippen molar-refractivity contribution in [1.82, 2.24) is 4.90 Å². The molecular weight excluding hydrogens is 208 g/mol. The number of hydrogen-bond acceptors (Lipinski definition) is 2. The lowest BCUT2D eigenvalue weighted by atomic mass is 10.0. The van der Waals surface area contributed by atoms with Crippen molar-refractivity contribution in [2.24, 2.45) is 5.73 Å². The van der Waals surface area contributed by atoms with Gasteiger partial charge in [-0.3, -0.25) is 0 Å². The maximum Gasteiger partial charge on any atom is 0.0426 e. The number of nitrogens with two attached hydrogens (primary N) is 1. The van der Waals surface area contributed by atoms with E-state index in [-0.39, 0.29) is 6.04 Å². The summed E-state index contributed by atoms with van der Waals surface area (Å²) < 4.78 is 0. The fourth-order valence-electron chi connectivity index (χ4n) is 2.23. The van der Waals surface area contributed by atoms with Crippen LogP contribution in [0.4, 0.5) is 0 Å². The van der Waals surface area contributed by atoms with Gasteiger partial charge in [0.2, 0.25) is 0 Å². The van der Waals surface area contributed by atoms with Gasteiger partial charge in [0.15, 0.2) is 0 Å². The molecule has 17 heavy (non-hydrogen) atoms. The maximum atomic E-state index is 6.29. The highest BCUT2D eigenvalue weighted by Gasteiger charge is 2.14. The van der Waals surface area contributed by atoms with E-state index in [1.807, 2.05) is 0 Å². The summed E-state index contributed by atoms with van der Waals surface area (Å²) in [7, 11) is 2.17. The Morgan fingerprint density at radius 3 is 2.53 bits per heavy atom. The van der Waals surface area contributed by atoms with Crippen molar-refractivity contribution < 1.29 is 0 Å². The van der Waals surface area contributed by atoms with Gasteiger partial charge in [0.25, 0.3) is 0 Å². The van der Waals surface area contributed by atoms with Gasteiger partial charge < -0.3 is 10.6 Å². The van der Waals surface area contributed by atoms with Gasteiger partial charge in [-0.05, 0) is 38.4 Å². The summed E-state index contributed by atoms with van der Waals surface area (Å²) in [5, 5.41) is 0. The molecule has 1 rings (SSSR count). The van der Waals surface area contributed by atoms with Gasteiger partial charge in [0.1, 0.15) is 0 Å². The first-order chi connectivity index (χ1) is 8.06. The van der Waals surface area contributed by atoms with Crippen LogP contribution in [0.5, 0.6) is 0 Å². The predicted octanol–water partition coefficient (Wildman–Crippen LogP) is 3.12. The molecule has 0 spiro atoms. The van der Waals surface area contributed by atoms with Crippen molar-refractivity contribution >= 4 is 0 Å². The van der Waals surface area contributed by atoms with Gasteiger partial charge in [-0.15, -0.1) is 0 Å². The second kappa shape index (κ2) is 6.77. The van der Waals surface area contributed by atoms with Crippen molar-refractivity contribution in [3.63, 3.8) is 0 Å². The van der Waals surface area contributed by atoms with Crippen LogP contribution in [0.1, 0.15) is 43.9 Å². The van der Waals surface area contributed by atoms with Gasteiger partial charge >= 0.3 is 0 Å². The molecule has 1 aromatic carbocycles. The second-order valence-electron chi connectivity index (χ2n) is 5.04. The van der Waals surface area contributed by atoms with Gasteiger partial charge in [-0.1, -0.05) is 37.6 Å². The molecule has 2 nitrogen and oxygen atoms in total. The van der Waals surface area contributed by atoms with Crippen molar-refractivity contribution in [3.05, 3.63) is 35.4 Å². The summed E-state index contributed by atoms with van der Waals surface area (Å²) in [6.45, 7) is 7.55. The fourth-order valence-corrected chi connectivity index (χ4v) is 2.23. The van der Waals surface area contributed by atoms with Crippen LogP contribution in [0, 0.1) is 6.92 Å². The Hall–Kier alpha value is -0.860. The molecule has 0 amide bonds. The molecule has 0 aliphatic rings. The predicted molar refractivity (Wildman–Crippen MR) is 75.1 cm³/mol. The SMILES string of the molecule is CCCC(C)N(C)CC(N)c1ccccc1C. The molecule has 1 aromatic rings. The topological polar surface area (TPSA) is 29.3 Å². The minimum absolute atomic E-state index is 0.112. The summed E-state index contributed by atoms with van der Waals surface area (Å²) in [5.74, 6) is 0. The molecule has 0 aliphatic heterocycles. The van der Waals surface area contributed by atoms with Crippen LogP contribution in [0.2, 0.25) is 0 Å². The molecule has 2 atom stereocenters. The van der Waals surface area contributed by atoms with Crippen molar-refractivity contribution in [1.29, 1.82) is 0 Å². The molecule has 2 unspecified atom stereocenters. The summed E-state index contributed by atoms with van der Waals surface area (Å²) in [4.78, 5) is 2.36. The zero-order valence-electron chi connectivity index (χ0n) is 11.6. The molecule has 96 valence electrons. The van der Waals surface area contributed by atoms with E-state index in [1.165, 1.54) is 24.0 Å². The summed E-state index contributed by atoms with van der Waals surface area (Å²) >= 11 is 0. The third-order valence-corrected chi connectivity index (χ3v) is 3.53. The lowest BCUT2D eigenvalue weighted by Crippen LogP contribution is -2.35. The molecule has 0 fully saturated rings. The quantitative estimate of drug-likeness (QED) is 0.819. The first kappa shape index (κ1) is 14.2. The van der Waals surface area contributed by atoms with Crippen LogP contribution in [-0.2, 0) is 0 Å². The molecule has 0 bridgehead atoms. The highest BCUT2D eigenvalue weighted by Crippen LogP contribution is 2.17. The van der Waals surface area contributed by atoms with Gasteiger partial charge in [0.05, 0.1) is 0 Å². The Morgan fingerprint density at radius 1 is 1.29 bits per heavy atom. The molecule has 0 radical (unpaired) electrons. The Bertz CT molecular complexity index is 335. The van der Waals surface area contributed by atoms with Gasteiger partial charge in [0, 0.05) is 18.6 Å². The number of benzene rings is 1. The van der Waals surface area contributed by atoms with Crippen LogP contribution in [-0.4, -0.2) is 24.5 Å². The number of hydrogen-bond donors (Lipinski definition) is 1. The molecular formula is C15H26N2. The van der Waals surface area contributed by atoms with E-state index in [2.05, 4.69) is 57.0 Å². The Balaban J connectivity index is 2.60. The molecule has 0 aromatic heterocycles. The average Bonchev–Trinajstić information content (AvgIpc) is 2.29. The minimum atomic E-state index is 0.112. The fraction of sp³-hybridized carbons (Fsp3) is 0.600. The summed E-state index contributed by atoms with van der Waals surface area (Å²) in [5.41, 5.74) is 8.84. The second-order valence-corrected chi connectivity index (χ2v) is 5.04. The van der Waals surface area contributed by atoms with E-state index >= 15 is 0 Å². The van der Waals surface area contributed by atoms with Gasteiger partial charge in [-0.2, -0.15) is 0 Å². The average molecular weight is 234 g/mol. The van der Waals surface area contributed by atoms with Crippen LogP contribution in [0.25, 0.3) is 0 Å². The maximum absolute atomic E-state index is 6.29. The van der Waals surface area contributed by atoms with Crippen LogP contribution in [0.15, 0.2) is 24.3 Å². The smallest absolute Gasteiger partial charge is 0.0426 e. The zero-order valence-corrected chi connectivity index (χ0v) is 11.6. The molecule has 0 aliphatic carbocycles. The lowest BCUT2D eigenvalue weighted by molar-refractivity contribution is 0.231. The van der Waals surface area contributed by atoms with Crippen molar-refractivity contribution in [3.8, 4) is 0 Å². The highest BCUT2D eigenvalue weighted by molar-refractivity contribution is 5.28. The van der Waals surface area contributed by atoms with E-state index in [4.69, 9.17) is 5.73 Å².